The molecule has 0 aliphatic rings. The van der Waals surface area contributed by atoms with E-state index in [2.05, 4.69) is 10.0 Å². The number of rotatable bonds is 15. The number of likely N-dealkylation sites (N-methyl/N-ethyl adjacent to an activating group) is 1. The molecule has 39 heavy (non-hydrogen) atoms. The lowest BCUT2D eigenvalue weighted by Crippen LogP contribution is -2.36. The van der Waals surface area contributed by atoms with Gasteiger partial charge in [0.2, 0.25) is 10.0 Å². The summed E-state index contributed by atoms with van der Waals surface area (Å²) in [6, 6.07) is 16.2. The zero-order chi connectivity index (χ0) is 28.4. The first-order chi connectivity index (χ1) is 18.6. The Morgan fingerprint density at radius 3 is 2.51 bits per heavy atom. The van der Waals surface area contributed by atoms with Crippen molar-refractivity contribution in [3.8, 4) is 5.75 Å². The molecule has 0 bridgehead atoms. The van der Waals surface area contributed by atoms with Crippen LogP contribution >= 0.6 is 0 Å². The van der Waals surface area contributed by atoms with Crippen molar-refractivity contribution in [3.05, 3.63) is 71.8 Å². The normalized spacial score (nSPS) is 12.3. The van der Waals surface area contributed by atoms with E-state index in [1.165, 1.54) is 18.2 Å². The van der Waals surface area contributed by atoms with Crippen LogP contribution in [0.4, 0.5) is 0 Å². The van der Waals surface area contributed by atoms with Gasteiger partial charge >= 0.3 is 5.97 Å². The van der Waals surface area contributed by atoms with Crippen LogP contribution in [0.15, 0.2) is 65.6 Å². The van der Waals surface area contributed by atoms with Crippen molar-refractivity contribution in [2.75, 3.05) is 33.8 Å². The number of amides is 1. The van der Waals surface area contributed by atoms with Gasteiger partial charge in [-0.1, -0.05) is 36.4 Å². The Hall–Kier alpha value is -3.80. The number of carboxylic acid groups (broad SMARTS) is 1. The summed E-state index contributed by atoms with van der Waals surface area (Å²) >= 11 is 0. The minimum absolute atomic E-state index is 0.0924. The topological polar surface area (TPSA) is 142 Å². The Bertz CT molecular complexity index is 1420. The number of fused-ring (bicyclic) bond motifs is 1. The number of hydrogen-bond acceptors (Lipinski definition) is 7. The highest BCUT2D eigenvalue weighted by Gasteiger charge is 2.24. The maximum absolute atomic E-state index is 13.0. The van der Waals surface area contributed by atoms with Gasteiger partial charge in [-0.3, -0.25) is 9.59 Å². The molecule has 0 unspecified atom stereocenters. The molecule has 0 aliphatic heterocycles. The van der Waals surface area contributed by atoms with E-state index >= 15 is 0 Å². The minimum Gasteiger partial charge on any atom is -0.492 e. The zero-order valence-electron chi connectivity index (χ0n) is 21.9. The number of aldehydes is 1. The van der Waals surface area contributed by atoms with Gasteiger partial charge in [0.1, 0.15) is 16.9 Å². The number of nitrogens with zero attached hydrogens (tertiary/aromatic N) is 1. The van der Waals surface area contributed by atoms with Crippen LogP contribution in [0.5, 0.6) is 5.75 Å². The highest BCUT2D eigenvalue weighted by molar-refractivity contribution is 7.89. The summed E-state index contributed by atoms with van der Waals surface area (Å²) in [7, 11) is -0.308. The maximum Gasteiger partial charge on any atom is 0.303 e. The van der Waals surface area contributed by atoms with E-state index in [0.717, 1.165) is 16.3 Å². The fraction of sp³-hybridized carbons (Fsp3) is 0.321. The summed E-state index contributed by atoms with van der Waals surface area (Å²) in [6.45, 7) is 1.35. The third-order valence-electron chi connectivity index (χ3n) is 5.96. The summed E-state index contributed by atoms with van der Waals surface area (Å²) in [5, 5.41) is 13.6. The van der Waals surface area contributed by atoms with E-state index in [1.54, 1.807) is 6.07 Å². The third kappa shape index (κ3) is 8.60. The van der Waals surface area contributed by atoms with Gasteiger partial charge in [-0.05, 0) is 61.1 Å². The lowest BCUT2D eigenvalue weighted by molar-refractivity contribution is -0.137. The summed E-state index contributed by atoms with van der Waals surface area (Å²) in [5.74, 6) is -1.22. The number of benzene rings is 3. The molecule has 0 radical (unpaired) electrons. The molecule has 0 spiro atoms. The summed E-state index contributed by atoms with van der Waals surface area (Å²) in [6.07, 6.45) is 0.243. The highest BCUT2D eigenvalue weighted by atomic mass is 32.2. The van der Waals surface area contributed by atoms with Gasteiger partial charge in [-0.15, -0.1) is 0 Å². The average Bonchev–Trinajstić information content (AvgIpc) is 2.90. The Morgan fingerprint density at radius 2 is 1.79 bits per heavy atom. The van der Waals surface area contributed by atoms with Crippen LogP contribution in [-0.4, -0.2) is 76.4 Å². The molecule has 3 aromatic rings. The van der Waals surface area contributed by atoms with Crippen molar-refractivity contribution in [2.24, 2.45) is 0 Å². The maximum atomic E-state index is 13.0. The number of ether oxygens (including phenoxy) is 1. The molecule has 208 valence electrons. The van der Waals surface area contributed by atoms with Gasteiger partial charge in [0.15, 0.2) is 0 Å². The number of carbonyl (C=O) groups is 3. The van der Waals surface area contributed by atoms with E-state index in [9.17, 15) is 22.8 Å². The number of carbonyl (C=O) groups excluding carboxylic acids is 2. The molecule has 0 aliphatic carbocycles. The van der Waals surface area contributed by atoms with Crippen molar-refractivity contribution < 1.29 is 32.6 Å². The van der Waals surface area contributed by atoms with Gasteiger partial charge in [0, 0.05) is 31.5 Å². The predicted molar refractivity (Wildman–Crippen MR) is 148 cm³/mol. The van der Waals surface area contributed by atoms with Gasteiger partial charge < -0.3 is 24.9 Å². The first kappa shape index (κ1) is 29.8. The van der Waals surface area contributed by atoms with E-state index in [0.29, 0.717) is 31.4 Å². The molecular weight excluding hydrogens is 522 g/mol. The second kappa shape index (κ2) is 13.8. The second-order valence-corrected chi connectivity index (χ2v) is 10.9. The molecule has 11 heteroatoms. The molecule has 0 heterocycles. The summed E-state index contributed by atoms with van der Waals surface area (Å²) < 4.78 is 34.1. The number of aliphatic carboxylic acids is 1. The molecule has 3 rings (SSSR count). The van der Waals surface area contributed by atoms with Crippen molar-refractivity contribution in [3.63, 3.8) is 0 Å². The fourth-order valence-electron chi connectivity index (χ4n) is 3.98. The second-order valence-electron chi connectivity index (χ2n) is 9.26. The van der Waals surface area contributed by atoms with Crippen LogP contribution in [0.2, 0.25) is 0 Å². The predicted octanol–water partition coefficient (Wildman–Crippen LogP) is 2.46. The Labute approximate surface area is 228 Å². The molecule has 3 N–H and O–H groups in total. The van der Waals surface area contributed by atoms with Gasteiger partial charge in [0.25, 0.3) is 5.91 Å². The van der Waals surface area contributed by atoms with Gasteiger partial charge in [-0.2, -0.15) is 0 Å². The Balaban J connectivity index is 1.76. The monoisotopic (exact) mass is 555 g/mol. The number of sulfonamides is 1. The summed E-state index contributed by atoms with van der Waals surface area (Å²) in [5.41, 5.74) is 1.40. The van der Waals surface area contributed by atoms with Crippen molar-refractivity contribution in [1.82, 2.24) is 14.9 Å². The zero-order valence-corrected chi connectivity index (χ0v) is 22.7. The van der Waals surface area contributed by atoms with Gasteiger partial charge in [0.05, 0.1) is 12.6 Å². The molecular formula is C28H33N3O7S. The standard InChI is InChI=1S/C28H33N3O7S/c1-31(2)15-14-29-28(35)22-17-20-7-3-4-8-24(20)21(18-22)13-16-38-25-9-5-6-10-26(25)39(36,37)30-23(19-32)11-12-27(33)34/h3-10,17-19,23,30H,11-16H2,1-2H3,(H,29,35)(H,33,34)/t23-/m0/s1. The van der Waals surface area contributed by atoms with Crippen LogP contribution in [-0.2, 0) is 26.0 Å². The first-order valence-electron chi connectivity index (χ1n) is 12.5. The van der Waals surface area contributed by atoms with Crippen LogP contribution in [0, 0.1) is 0 Å². The molecule has 0 saturated carbocycles. The SMILES string of the molecule is CN(C)CCNC(=O)c1cc(CCOc2ccccc2S(=O)(=O)N[C@H](C=O)CCC(=O)O)c2ccccc2c1. The van der Waals surface area contributed by atoms with Crippen LogP contribution in [0.25, 0.3) is 10.8 Å². The highest BCUT2D eigenvalue weighted by Crippen LogP contribution is 2.26. The molecule has 0 saturated heterocycles. The minimum atomic E-state index is -4.17. The molecule has 10 nitrogen and oxygen atoms in total. The number of para-hydroxylation sites is 1. The molecule has 1 amide bonds. The number of hydrogen-bond donors (Lipinski definition) is 3. The molecule has 0 fully saturated rings. The fourth-order valence-corrected chi connectivity index (χ4v) is 5.33. The van der Waals surface area contributed by atoms with Crippen LogP contribution in [0.3, 0.4) is 0 Å². The number of carboxylic acids is 1. The largest absolute Gasteiger partial charge is 0.492 e. The van der Waals surface area contributed by atoms with Crippen molar-refractivity contribution >= 4 is 39.0 Å². The Kier molecular flexibility index (Phi) is 10.6. The van der Waals surface area contributed by atoms with Crippen molar-refractivity contribution in [2.45, 2.75) is 30.2 Å². The first-order valence-corrected chi connectivity index (χ1v) is 13.9. The van der Waals surface area contributed by atoms with Crippen molar-refractivity contribution in [1.29, 1.82) is 0 Å². The van der Waals surface area contributed by atoms with E-state index in [-0.39, 0.29) is 36.0 Å². The van der Waals surface area contributed by atoms with E-state index < -0.39 is 22.0 Å². The van der Waals surface area contributed by atoms with Crippen LogP contribution in [0.1, 0.15) is 28.8 Å². The van der Waals surface area contributed by atoms with Crippen LogP contribution < -0.4 is 14.8 Å². The number of nitrogens with one attached hydrogen (secondary N) is 2. The summed E-state index contributed by atoms with van der Waals surface area (Å²) in [4.78, 5) is 36.7. The molecule has 1 atom stereocenters. The third-order valence-corrected chi connectivity index (χ3v) is 7.49. The average molecular weight is 556 g/mol. The smallest absolute Gasteiger partial charge is 0.303 e. The lowest BCUT2D eigenvalue weighted by atomic mass is 9.98. The van der Waals surface area contributed by atoms with Gasteiger partial charge in [-0.25, -0.2) is 13.1 Å². The lowest BCUT2D eigenvalue weighted by Gasteiger charge is -2.16. The van der Waals surface area contributed by atoms with E-state index in [4.69, 9.17) is 9.84 Å². The molecule has 3 aromatic carbocycles. The Morgan fingerprint density at radius 1 is 1.08 bits per heavy atom. The molecule has 0 aromatic heterocycles. The quantitative estimate of drug-likeness (QED) is 0.243. The van der Waals surface area contributed by atoms with E-state index in [1.807, 2.05) is 55.4 Å².